The molecule has 1 saturated heterocycles. The van der Waals surface area contributed by atoms with Crippen molar-refractivity contribution in [3.63, 3.8) is 0 Å². The lowest BCUT2D eigenvalue weighted by Gasteiger charge is -2.23. The van der Waals surface area contributed by atoms with Crippen molar-refractivity contribution in [1.29, 1.82) is 0 Å². The van der Waals surface area contributed by atoms with Gasteiger partial charge < -0.3 is 9.47 Å². The molecule has 29 heavy (non-hydrogen) atoms. The minimum Gasteiger partial charge on any atom is -0.342 e. The predicted octanol–water partition coefficient (Wildman–Crippen LogP) is 2.77. The minimum atomic E-state index is -4.82. The Bertz CT molecular complexity index is 1230. The molecule has 1 aliphatic rings. The number of ether oxygens (including phenoxy) is 2. The zero-order chi connectivity index (χ0) is 20.9. The fourth-order valence-electron chi connectivity index (χ4n) is 3.02. The van der Waals surface area contributed by atoms with Crippen molar-refractivity contribution in [2.24, 2.45) is 7.05 Å². The van der Waals surface area contributed by atoms with Gasteiger partial charge in [0, 0.05) is 18.5 Å². The van der Waals surface area contributed by atoms with Crippen LogP contribution in [0.1, 0.15) is 17.7 Å². The second-order valence-corrected chi connectivity index (χ2v) is 7.30. The molecule has 1 fully saturated rings. The van der Waals surface area contributed by atoms with Gasteiger partial charge in [-0.15, -0.1) is 0 Å². The summed E-state index contributed by atoms with van der Waals surface area (Å²) in [6, 6.07) is 5.03. The summed E-state index contributed by atoms with van der Waals surface area (Å²) in [4.78, 5) is 24.8. The highest BCUT2D eigenvalue weighted by Crippen LogP contribution is 2.33. The summed E-state index contributed by atoms with van der Waals surface area (Å²) in [5.74, 6) is 0. The van der Waals surface area contributed by atoms with E-state index in [9.17, 15) is 22.8 Å². The molecule has 4 rings (SSSR count). The normalized spacial score (nSPS) is 15.9. The van der Waals surface area contributed by atoms with Crippen LogP contribution < -0.4 is 11.2 Å². The van der Waals surface area contributed by atoms with Crippen molar-refractivity contribution in [1.82, 2.24) is 13.5 Å². The Kier molecular flexibility index (Phi) is 4.68. The maximum atomic E-state index is 13.0. The molecular weight excluding hydrogens is 411 g/mol. The highest BCUT2D eigenvalue weighted by Gasteiger charge is 2.35. The van der Waals surface area contributed by atoms with Crippen LogP contribution in [-0.4, -0.2) is 26.7 Å². The van der Waals surface area contributed by atoms with Crippen LogP contribution in [0.2, 0.25) is 0 Å². The molecule has 0 saturated carbocycles. The molecule has 152 valence electrons. The van der Waals surface area contributed by atoms with Gasteiger partial charge in [0.1, 0.15) is 11.4 Å². The Morgan fingerprint density at radius 2 is 1.90 bits per heavy atom. The maximum absolute atomic E-state index is 13.0. The molecule has 0 spiro atoms. The average Bonchev–Trinajstić information content (AvgIpc) is 3.08. The standard InChI is InChI=1S/C18H14F3N3O4S/c1-9-7-27-16(28-8-9)15-11-5-10(3-4-12(11)29-22-15)24-14(25)6-13(18(19,20)21)23(2)17(24)26/h3-6,16H,1,7-8H2,2H3. The molecule has 0 amide bonds. The Morgan fingerprint density at radius 1 is 1.21 bits per heavy atom. The Balaban J connectivity index is 1.85. The van der Waals surface area contributed by atoms with Crippen LogP contribution in [0, 0.1) is 0 Å². The lowest BCUT2D eigenvalue weighted by atomic mass is 10.2. The first-order valence-electron chi connectivity index (χ1n) is 8.36. The fourth-order valence-corrected chi connectivity index (χ4v) is 3.80. The molecular formula is C18H14F3N3O4S. The van der Waals surface area contributed by atoms with Gasteiger partial charge in [0.2, 0.25) is 6.29 Å². The van der Waals surface area contributed by atoms with Crippen molar-refractivity contribution in [2.45, 2.75) is 12.5 Å². The number of rotatable bonds is 2. The minimum absolute atomic E-state index is 0.124. The summed E-state index contributed by atoms with van der Waals surface area (Å²) in [5, 5.41) is 0.582. The zero-order valence-corrected chi connectivity index (χ0v) is 15.8. The summed E-state index contributed by atoms with van der Waals surface area (Å²) in [5.41, 5.74) is -2.12. The maximum Gasteiger partial charge on any atom is 0.431 e. The van der Waals surface area contributed by atoms with E-state index < -0.39 is 29.4 Å². The lowest BCUT2D eigenvalue weighted by Crippen LogP contribution is -2.40. The fraction of sp³-hybridized carbons (Fsp3) is 0.278. The van der Waals surface area contributed by atoms with Gasteiger partial charge >= 0.3 is 11.9 Å². The number of nitrogens with zero attached hydrogens (tertiary/aromatic N) is 3. The van der Waals surface area contributed by atoms with Gasteiger partial charge in [0.05, 0.1) is 23.6 Å². The van der Waals surface area contributed by atoms with Gasteiger partial charge in [-0.3, -0.25) is 9.36 Å². The molecule has 0 atom stereocenters. The van der Waals surface area contributed by atoms with Crippen LogP contribution in [-0.2, 0) is 22.7 Å². The highest BCUT2D eigenvalue weighted by molar-refractivity contribution is 7.13. The van der Waals surface area contributed by atoms with E-state index in [1.165, 1.54) is 23.7 Å². The molecule has 3 heterocycles. The van der Waals surface area contributed by atoms with Crippen molar-refractivity contribution in [3.05, 3.63) is 68.6 Å². The molecule has 7 nitrogen and oxygen atoms in total. The van der Waals surface area contributed by atoms with E-state index in [2.05, 4.69) is 11.0 Å². The van der Waals surface area contributed by atoms with Crippen molar-refractivity contribution in [2.75, 3.05) is 13.2 Å². The SMILES string of the molecule is C=C1COC(c2nsc3ccc(-n4c(=O)cc(C(F)(F)F)n(C)c4=O)cc23)OC1. The molecule has 0 unspecified atom stereocenters. The first-order chi connectivity index (χ1) is 13.7. The number of benzene rings is 1. The third kappa shape index (κ3) is 3.41. The topological polar surface area (TPSA) is 75.4 Å². The Hall–Kier alpha value is -2.76. The van der Waals surface area contributed by atoms with Gasteiger partial charge in [-0.25, -0.2) is 9.36 Å². The van der Waals surface area contributed by atoms with Crippen LogP contribution in [0.4, 0.5) is 13.2 Å². The van der Waals surface area contributed by atoms with Crippen LogP contribution in [0.3, 0.4) is 0 Å². The summed E-state index contributed by atoms with van der Waals surface area (Å²) < 4.78 is 56.4. The number of fused-ring (bicyclic) bond motifs is 1. The van der Waals surface area contributed by atoms with E-state index in [0.29, 0.717) is 39.5 Å². The number of halogens is 3. The highest BCUT2D eigenvalue weighted by atomic mass is 32.1. The number of hydrogen-bond donors (Lipinski definition) is 0. The lowest BCUT2D eigenvalue weighted by molar-refractivity contribution is -0.161. The van der Waals surface area contributed by atoms with Gasteiger partial charge in [0.25, 0.3) is 5.56 Å². The molecule has 0 aliphatic carbocycles. The third-order valence-electron chi connectivity index (χ3n) is 4.45. The monoisotopic (exact) mass is 425 g/mol. The van der Waals surface area contributed by atoms with Gasteiger partial charge in [0.15, 0.2) is 0 Å². The molecule has 1 aliphatic heterocycles. The summed E-state index contributed by atoms with van der Waals surface area (Å²) in [6.07, 6.45) is -5.56. The largest absolute Gasteiger partial charge is 0.431 e. The molecule has 11 heteroatoms. The van der Waals surface area contributed by atoms with Crippen molar-refractivity contribution in [3.8, 4) is 5.69 Å². The van der Waals surface area contributed by atoms with Gasteiger partial charge in [-0.2, -0.15) is 17.5 Å². The molecule has 0 radical (unpaired) electrons. The Morgan fingerprint density at radius 3 is 2.55 bits per heavy atom. The number of aromatic nitrogens is 3. The molecule has 3 aromatic rings. The van der Waals surface area contributed by atoms with Gasteiger partial charge in [-0.1, -0.05) is 6.58 Å². The average molecular weight is 425 g/mol. The first kappa shape index (κ1) is 19.6. The van der Waals surface area contributed by atoms with Gasteiger partial charge in [-0.05, 0) is 35.3 Å². The smallest absolute Gasteiger partial charge is 0.342 e. The second-order valence-electron chi connectivity index (χ2n) is 6.49. The first-order valence-corrected chi connectivity index (χ1v) is 9.14. The van der Waals surface area contributed by atoms with Crippen LogP contribution >= 0.6 is 11.5 Å². The summed E-state index contributed by atoms with van der Waals surface area (Å²) in [6.45, 7) is 4.39. The molecule has 0 N–H and O–H groups in total. The van der Waals surface area contributed by atoms with E-state index in [0.717, 1.165) is 17.3 Å². The van der Waals surface area contributed by atoms with Crippen molar-refractivity contribution < 1.29 is 22.6 Å². The Labute approximate surface area is 165 Å². The number of alkyl halides is 3. The van der Waals surface area contributed by atoms with Crippen LogP contribution in [0.5, 0.6) is 0 Å². The van der Waals surface area contributed by atoms with Crippen molar-refractivity contribution >= 4 is 21.6 Å². The quantitative estimate of drug-likeness (QED) is 0.591. The van der Waals surface area contributed by atoms with Crippen LogP contribution in [0.25, 0.3) is 15.8 Å². The van der Waals surface area contributed by atoms with Crippen LogP contribution in [0.15, 0.2) is 46.0 Å². The van der Waals surface area contributed by atoms with E-state index >= 15 is 0 Å². The second kappa shape index (κ2) is 6.94. The number of hydrogen-bond acceptors (Lipinski definition) is 6. The third-order valence-corrected chi connectivity index (χ3v) is 5.29. The molecule has 2 aromatic heterocycles. The predicted molar refractivity (Wildman–Crippen MR) is 99.2 cm³/mol. The molecule has 0 bridgehead atoms. The van der Waals surface area contributed by atoms with E-state index in [1.807, 2.05) is 0 Å². The van der Waals surface area contributed by atoms with E-state index in [-0.39, 0.29) is 5.69 Å². The van der Waals surface area contributed by atoms with E-state index in [1.54, 1.807) is 6.07 Å². The zero-order valence-electron chi connectivity index (χ0n) is 15.0. The summed E-state index contributed by atoms with van der Waals surface area (Å²) >= 11 is 1.18. The molecule has 1 aromatic carbocycles. The summed E-state index contributed by atoms with van der Waals surface area (Å²) in [7, 11) is 0.966. The van der Waals surface area contributed by atoms with E-state index in [4.69, 9.17) is 9.47 Å².